The van der Waals surface area contributed by atoms with Gasteiger partial charge in [0.25, 0.3) is 0 Å². The van der Waals surface area contributed by atoms with Crippen molar-refractivity contribution in [1.82, 2.24) is 5.32 Å². The van der Waals surface area contributed by atoms with E-state index >= 15 is 0 Å². The molecule has 0 spiro atoms. The van der Waals surface area contributed by atoms with Gasteiger partial charge in [0.15, 0.2) is 5.82 Å². The summed E-state index contributed by atoms with van der Waals surface area (Å²) in [4.78, 5) is 0. The molecule has 0 atom stereocenters. The number of anilines is 1. The summed E-state index contributed by atoms with van der Waals surface area (Å²) in [7, 11) is -1.91. The third-order valence-electron chi connectivity index (χ3n) is 1.84. The molecule has 0 aliphatic heterocycles. The van der Waals surface area contributed by atoms with Gasteiger partial charge in [-0.1, -0.05) is 17.7 Å². The van der Waals surface area contributed by atoms with E-state index in [1.54, 1.807) is 7.05 Å². The summed E-state index contributed by atoms with van der Waals surface area (Å²) >= 11 is 5.52. The highest BCUT2D eigenvalue weighted by molar-refractivity contribution is 7.92. The van der Waals surface area contributed by atoms with Gasteiger partial charge in [0.2, 0.25) is 10.0 Å². The van der Waals surface area contributed by atoms with Gasteiger partial charge in [0.05, 0.1) is 16.5 Å². The number of halogens is 2. The molecular weight excluding hydrogens is 255 g/mol. The van der Waals surface area contributed by atoms with Gasteiger partial charge in [-0.25, -0.2) is 12.8 Å². The second-order valence-corrected chi connectivity index (χ2v) is 5.37. The molecule has 0 saturated heterocycles. The van der Waals surface area contributed by atoms with Gasteiger partial charge in [-0.05, 0) is 19.2 Å². The normalized spacial score (nSPS) is 11.4. The van der Waals surface area contributed by atoms with Crippen LogP contribution in [0.5, 0.6) is 0 Å². The highest BCUT2D eigenvalue weighted by atomic mass is 35.5. The fourth-order valence-electron chi connectivity index (χ4n) is 1.04. The van der Waals surface area contributed by atoms with E-state index in [1.807, 2.05) is 0 Å². The quantitative estimate of drug-likeness (QED) is 0.848. The predicted molar refractivity (Wildman–Crippen MR) is 62.7 cm³/mol. The topological polar surface area (TPSA) is 58.2 Å². The second kappa shape index (κ2) is 5.47. The lowest BCUT2D eigenvalue weighted by molar-refractivity contribution is 0.596. The fraction of sp³-hybridized carbons (Fsp3) is 0.333. The van der Waals surface area contributed by atoms with Crippen molar-refractivity contribution in [2.45, 2.75) is 0 Å². The third kappa shape index (κ3) is 3.62. The summed E-state index contributed by atoms with van der Waals surface area (Å²) in [6.45, 7) is 0.289. The molecule has 7 heteroatoms. The van der Waals surface area contributed by atoms with Crippen LogP contribution < -0.4 is 10.0 Å². The molecule has 0 fully saturated rings. The molecule has 0 unspecified atom stereocenters. The van der Waals surface area contributed by atoms with E-state index in [2.05, 4.69) is 10.0 Å². The van der Waals surface area contributed by atoms with Crippen molar-refractivity contribution in [1.29, 1.82) is 0 Å². The molecule has 4 nitrogen and oxygen atoms in total. The summed E-state index contributed by atoms with van der Waals surface area (Å²) in [6.07, 6.45) is 0. The van der Waals surface area contributed by atoms with E-state index in [9.17, 15) is 12.8 Å². The van der Waals surface area contributed by atoms with Gasteiger partial charge in [0, 0.05) is 6.54 Å². The van der Waals surface area contributed by atoms with Gasteiger partial charge < -0.3 is 5.32 Å². The molecular formula is C9H12ClFN2O2S. The van der Waals surface area contributed by atoms with E-state index in [-0.39, 0.29) is 23.0 Å². The Kier molecular flexibility index (Phi) is 4.52. The molecule has 16 heavy (non-hydrogen) atoms. The van der Waals surface area contributed by atoms with Crippen molar-refractivity contribution >= 4 is 27.3 Å². The lowest BCUT2D eigenvalue weighted by atomic mass is 10.3. The standard InChI is InChI=1S/C9H12ClFN2O2S/c1-12-5-6-16(14,15)13-8-4-2-3-7(10)9(8)11/h2-4,12-13H,5-6H2,1H3. The summed E-state index contributed by atoms with van der Waals surface area (Å²) < 4.78 is 38.4. The third-order valence-corrected chi connectivity index (χ3v) is 3.40. The van der Waals surface area contributed by atoms with Crippen molar-refractivity contribution in [3.63, 3.8) is 0 Å². The highest BCUT2D eigenvalue weighted by Crippen LogP contribution is 2.22. The minimum absolute atomic E-state index is 0.117. The highest BCUT2D eigenvalue weighted by Gasteiger charge is 2.13. The van der Waals surface area contributed by atoms with E-state index in [0.29, 0.717) is 0 Å². The number of sulfonamides is 1. The monoisotopic (exact) mass is 266 g/mol. The van der Waals surface area contributed by atoms with Crippen molar-refractivity contribution in [3.8, 4) is 0 Å². The van der Waals surface area contributed by atoms with Gasteiger partial charge >= 0.3 is 0 Å². The first kappa shape index (κ1) is 13.2. The average Bonchev–Trinajstić information content (AvgIpc) is 2.22. The van der Waals surface area contributed by atoms with Crippen LogP contribution >= 0.6 is 11.6 Å². The first-order valence-electron chi connectivity index (χ1n) is 4.55. The zero-order valence-electron chi connectivity index (χ0n) is 8.63. The molecule has 0 amide bonds. The zero-order valence-corrected chi connectivity index (χ0v) is 10.2. The Labute approximate surface area is 98.9 Å². The van der Waals surface area contributed by atoms with E-state index in [4.69, 9.17) is 11.6 Å². The van der Waals surface area contributed by atoms with Crippen molar-refractivity contribution in [3.05, 3.63) is 29.0 Å². The summed E-state index contributed by atoms with van der Waals surface area (Å²) in [5.74, 6) is -0.896. The van der Waals surface area contributed by atoms with Crippen LogP contribution in [-0.4, -0.2) is 27.8 Å². The maximum Gasteiger partial charge on any atom is 0.234 e. The van der Waals surface area contributed by atoms with Crippen molar-refractivity contribution in [2.75, 3.05) is 24.1 Å². The number of hydrogen-bond acceptors (Lipinski definition) is 3. The number of rotatable bonds is 5. The van der Waals surface area contributed by atoms with Crippen LogP contribution in [0.4, 0.5) is 10.1 Å². The van der Waals surface area contributed by atoms with E-state index in [0.717, 1.165) is 0 Å². The lowest BCUT2D eigenvalue weighted by Gasteiger charge is -2.09. The summed E-state index contributed by atoms with van der Waals surface area (Å²) in [6, 6.07) is 4.14. The van der Waals surface area contributed by atoms with Crippen LogP contribution in [0.3, 0.4) is 0 Å². The molecule has 1 aromatic rings. The Balaban J connectivity index is 2.84. The second-order valence-electron chi connectivity index (χ2n) is 3.13. The molecule has 1 aromatic carbocycles. The Bertz CT molecular complexity index is 465. The maximum atomic E-state index is 13.4. The Morgan fingerprint density at radius 3 is 2.75 bits per heavy atom. The van der Waals surface area contributed by atoms with E-state index in [1.165, 1.54) is 18.2 Å². The molecule has 2 N–H and O–H groups in total. The minimum atomic E-state index is -3.55. The Morgan fingerprint density at radius 2 is 2.12 bits per heavy atom. The lowest BCUT2D eigenvalue weighted by Crippen LogP contribution is -2.24. The van der Waals surface area contributed by atoms with Gasteiger partial charge in [-0.15, -0.1) is 0 Å². The number of nitrogens with one attached hydrogen (secondary N) is 2. The SMILES string of the molecule is CNCCS(=O)(=O)Nc1cccc(Cl)c1F. The smallest absolute Gasteiger partial charge is 0.234 e. The molecule has 0 aliphatic rings. The van der Waals surface area contributed by atoms with Gasteiger partial charge in [-0.2, -0.15) is 0 Å². The summed E-state index contributed by atoms with van der Waals surface area (Å²) in [5.41, 5.74) is -0.136. The van der Waals surface area contributed by atoms with Gasteiger partial charge in [-0.3, -0.25) is 4.72 Å². The molecule has 0 radical (unpaired) electrons. The number of hydrogen-bond donors (Lipinski definition) is 2. The molecule has 0 aromatic heterocycles. The average molecular weight is 267 g/mol. The molecule has 0 heterocycles. The molecule has 0 saturated carbocycles. The minimum Gasteiger partial charge on any atom is -0.319 e. The van der Waals surface area contributed by atoms with Crippen LogP contribution in [0.25, 0.3) is 0 Å². The molecule has 0 bridgehead atoms. The maximum absolute atomic E-state index is 13.4. The first-order chi connectivity index (χ1) is 7.46. The Hall–Kier alpha value is -0.850. The molecule has 1 rings (SSSR count). The van der Waals surface area contributed by atoms with Crippen LogP contribution in [0.15, 0.2) is 18.2 Å². The van der Waals surface area contributed by atoms with Crippen LogP contribution in [-0.2, 0) is 10.0 Å². The largest absolute Gasteiger partial charge is 0.319 e. The van der Waals surface area contributed by atoms with Crippen molar-refractivity contribution in [2.24, 2.45) is 0 Å². The molecule has 0 aliphatic carbocycles. The molecule has 90 valence electrons. The van der Waals surface area contributed by atoms with E-state index < -0.39 is 15.8 Å². The predicted octanol–water partition coefficient (Wildman–Crippen LogP) is 1.44. The fourth-order valence-corrected chi connectivity index (χ4v) is 2.28. The van der Waals surface area contributed by atoms with Crippen molar-refractivity contribution < 1.29 is 12.8 Å². The van der Waals surface area contributed by atoms with Crippen LogP contribution in [0.1, 0.15) is 0 Å². The number of benzene rings is 1. The first-order valence-corrected chi connectivity index (χ1v) is 6.58. The van der Waals surface area contributed by atoms with Gasteiger partial charge in [0.1, 0.15) is 0 Å². The zero-order chi connectivity index (χ0) is 12.2. The Morgan fingerprint density at radius 1 is 1.44 bits per heavy atom. The summed E-state index contributed by atoms with van der Waals surface area (Å²) in [5, 5.41) is 2.58. The van der Waals surface area contributed by atoms with Crippen LogP contribution in [0.2, 0.25) is 5.02 Å². The van der Waals surface area contributed by atoms with Crippen LogP contribution in [0, 0.1) is 5.82 Å².